The molecule has 0 unspecified atom stereocenters. The van der Waals surface area contributed by atoms with Gasteiger partial charge in [-0.25, -0.2) is 4.39 Å². The van der Waals surface area contributed by atoms with Crippen molar-refractivity contribution in [3.63, 3.8) is 0 Å². The number of rotatable bonds is 4. The van der Waals surface area contributed by atoms with Crippen molar-refractivity contribution in [1.82, 2.24) is 0 Å². The highest BCUT2D eigenvalue weighted by Crippen LogP contribution is 2.43. The Kier molecular flexibility index (Phi) is 4.18. The van der Waals surface area contributed by atoms with Gasteiger partial charge in [0, 0.05) is 11.3 Å². The zero-order valence-corrected chi connectivity index (χ0v) is 12.5. The Bertz CT molecular complexity index is 489. The lowest BCUT2D eigenvalue weighted by Crippen LogP contribution is -2.40. The van der Waals surface area contributed by atoms with E-state index in [0.717, 1.165) is 6.54 Å². The molecule has 96 valence electrons. The van der Waals surface area contributed by atoms with Crippen LogP contribution in [0, 0.1) is 17.1 Å². The minimum absolute atomic E-state index is 0.238. The third-order valence-corrected chi connectivity index (χ3v) is 5.70. The molecule has 0 heterocycles. The van der Waals surface area contributed by atoms with Gasteiger partial charge in [-0.15, -0.1) is 0 Å². The van der Waals surface area contributed by atoms with Gasteiger partial charge < -0.3 is 5.32 Å². The molecule has 0 atom stereocenters. The normalized spacial score (nSPS) is 16.8. The van der Waals surface area contributed by atoms with E-state index in [1.807, 2.05) is 17.8 Å². The van der Waals surface area contributed by atoms with Gasteiger partial charge in [0.25, 0.3) is 0 Å². The van der Waals surface area contributed by atoms with Crippen molar-refractivity contribution in [2.75, 3.05) is 18.1 Å². The van der Waals surface area contributed by atoms with Gasteiger partial charge >= 0.3 is 0 Å². The molecule has 1 fully saturated rings. The largest absolute Gasteiger partial charge is 0.381 e. The first kappa shape index (κ1) is 13.7. The molecule has 5 heteroatoms. The van der Waals surface area contributed by atoms with Crippen LogP contribution in [-0.2, 0) is 0 Å². The molecular formula is C13H14BrFN2S. The van der Waals surface area contributed by atoms with Gasteiger partial charge in [-0.05, 0) is 47.2 Å². The number of nitrogens with zero attached hydrogens (tertiary/aromatic N) is 1. The second kappa shape index (κ2) is 5.50. The lowest BCUT2D eigenvalue weighted by atomic mass is 9.84. The van der Waals surface area contributed by atoms with E-state index >= 15 is 0 Å². The van der Waals surface area contributed by atoms with Gasteiger partial charge in [0.05, 0.1) is 15.7 Å². The van der Waals surface area contributed by atoms with Crippen LogP contribution in [0.3, 0.4) is 0 Å². The molecule has 0 saturated heterocycles. The zero-order valence-electron chi connectivity index (χ0n) is 10.1. The maximum Gasteiger partial charge on any atom is 0.161 e. The number of anilines is 1. The highest BCUT2D eigenvalue weighted by atomic mass is 79.9. The van der Waals surface area contributed by atoms with Gasteiger partial charge in [0.2, 0.25) is 0 Å². The maximum atomic E-state index is 14.0. The SMILES string of the molecule is CSC1(CNc2ccc(C#N)c(Br)c2F)CCC1. The first-order valence-corrected chi connectivity index (χ1v) is 7.81. The minimum Gasteiger partial charge on any atom is -0.381 e. The molecule has 18 heavy (non-hydrogen) atoms. The minimum atomic E-state index is -0.385. The van der Waals surface area contributed by atoms with Crippen LogP contribution in [0.2, 0.25) is 0 Å². The van der Waals surface area contributed by atoms with E-state index in [-0.39, 0.29) is 15.0 Å². The average Bonchev–Trinajstić information content (AvgIpc) is 2.33. The van der Waals surface area contributed by atoms with E-state index in [1.54, 1.807) is 12.1 Å². The van der Waals surface area contributed by atoms with Crippen LogP contribution < -0.4 is 5.32 Å². The Morgan fingerprint density at radius 3 is 2.78 bits per heavy atom. The topological polar surface area (TPSA) is 35.8 Å². The van der Waals surface area contributed by atoms with Crippen molar-refractivity contribution < 1.29 is 4.39 Å². The van der Waals surface area contributed by atoms with Crippen molar-refractivity contribution in [2.45, 2.75) is 24.0 Å². The molecule has 0 radical (unpaired) electrons. The standard InChI is InChI=1S/C13H14BrFN2S/c1-18-13(5-2-6-13)8-17-10-4-3-9(7-16)11(14)12(10)15/h3-4,17H,2,5-6,8H2,1H3. The average molecular weight is 329 g/mol. The van der Waals surface area contributed by atoms with Crippen LogP contribution >= 0.6 is 27.7 Å². The summed E-state index contributed by atoms with van der Waals surface area (Å²) < 4.78 is 14.5. The van der Waals surface area contributed by atoms with Crippen LogP contribution in [0.15, 0.2) is 16.6 Å². The molecule has 1 N–H and O–H groups in total. The summed E-state index contributed by atoms with van der Waals surface area (Å²) >= 11 is 4.96. The molecule has 0 bridgehead atoms. The van der Waals surface area contributed by atoms with Crippen molar-refractivity contribution >= 4 is 33.4 Å². The van der Waals surface area contributed by atoms with Gasteiger partial charge in [0.1, 0.15) is 6.07 Å². The van der Waals surface area contributed by atoms with Crippen LogP contribution in [0.5, 0.6) is 0 Å². The molecule has 1 aromatic carbocycles. The Morgan fingerprint density at radius 1 is 1.56 bits per heavy atom. The van der Waals surface area contributed by atoms with E-state index in [2.05, 4.69) is 27.5 Å². The maximum absolute atomic E-state index is 14.0. The van der Waals surface area contributed by atoms with Crippen molar-refractivity contribution in [3.05, 3.63) is 28.0 Å². The molecule has 0 aliphatic heterocycles. The summed E-state index contributed by atoms with van der Waals surface area (Å²) in [6.45, 7) is 0.767. The number of nitriles is 1. The molecular weight excluding hydrogens is 315 g/mol. The molecule has 2 nitrogen and oxygen atoms in total. The fourth-order valence-corrected chi connectivity index (χ4v) is 3.40. The number of nitrogens with one attached hydrogen (secondary N) is 1. The molecule has 0 amide bonds. The van der Waals surface area contributed by atoms with Gasteiger partial charge in [-0.1, -0.05) is 6.42 Å². The molecule has 1 aliphatic carbocycles. The summed E-state index contributed by atoms with van der Waals surface area (Å²) in [4.78, 5) is 0. The number of hydrogen-bond donors (Lipinski definition) is 1. The van der Waals surface area contributed by atoms with E-state index in [4.69, 9.17) is 5.26 Å². The zero-order chi connectivity index (χ0) is 13.2. The van der Waals surface area contributed by atoms with Crippen LogP contribution in [0.1, 0.15) is 24.8 Å². The second-order valence-electron chi connectivity index (χ2n) is 4.49. The Morgan fingerprint density at radius 2 is 2.28 bits per heavy atom. The van der Waals surface area contributed by atoms with Crippen LogP contribution in [-0.4, -0.2) is 17.5 Å². The summed E-state index contributed by atoms with van der Waals surface area (Å²) in [5.41, 5.74) is 0.780. The molecule has 2 rings (SSSR count). The van der Waals surface area contributed by atoms with Gasteiger partial charge in [-0.3, -0.25) is 0 Å². The first-order valence-electron chi connectivity index (χ1n) is 5.79. The number of halogens is 2. The molecule has 0 aromatic heterocycles. The summed E-state index contributed by atoms with van der Waals surface area (Å²) in [5.74, 6) is -0.385. The molecule has 0 spiro atoms. The lowest BCUT2D eigenvalue weighted by molar-refractivity contribution is 0.379. The predicted octanol–water partition coefficient (Wildman–Crippen LogP) is 4.16. The fourth-order valence-electron chi connectivity index (χ4n) is 2.05. The third kappa shape index (κ3) is 2.50. The Balaban J connectivity index is 2.11. The van der Waals surface area contributed by atoms with E-state index in [0.29, 0.717) is 11.3 Å². The van der Waals surface area contributed by atoms with Crippen LogP contribution in [0.25, 0.3) is 0 Å². The summed E-state index contributed by atoms with van der Waals surface area (Å²) in [5, 5.41) is 12.0. The van der Waals surface area contributed by atoms with E-state index < -0.39 is 0 Å². The van der Waals surface area contributed by atoms with Gasteiger partial charge in [0.15, 0.2) is 5.82 Å². The number of benzene rings is 1. The summed E-state index contributed by atoms with van der Waals surface area (Å²) in [6, 6.07) is 5.21. The smallest absolute Gasteiger partial charge is 0.161 e. The van der Waals surface area contributed by atoms with Crippen LogP contribution in [0.4, 0.5) is 10.1 Å². The Hall–Kier alpha value is -0.730. The van der Waals surface area contributed by atoms with E-state index in [9.17, 15) is 4.39 Å². The lowest BCUT2D eigenvalue weighted by Gasteiger charge is -2.40. The van der Waals surface area contributed by atoms with Crippen molar-refractivity contribution in [3.8, 4) is 6.07 Å². The predicted molar refractivity (Wildman–Crippen MR) is 77.4 cm³/mol. The summed E-state index contributed by atoms with van der Waals surface area (Å²) in [6.07, 6.45) is 5.72. The number of thioether (sulfide) groups is 1. The van der Waals surface area contributed by atoms with Gasteiger partial charge in [-0.2, -0.15) is 17.0 Å². The highest BCUT2D eigenvalue weighted by Gasteiger charge is 2.36. The second-order valence-corrected chi connectivity index (χ2v) is 6.56. The fraction of sp³-hybridized carbons (Fsp3) is 0.462. The quantitative estimate of drug-likeness (QED) is 0.901. The van der Waals surface area contributed by atoms with Crippen molar-refractivity contribution in [1.29, 1.82) is 5.26 Å². The molecule has 1 aromatic rings. The summed E-state index contributed by atoms with van der Waals surface area (Å²) in [7, 11) is 0. The Labute approximate surface area is 119 Å². The van der Waals surface area contributed by atoms with E-state index in [1.165, 1.54) is 19.3 Å². The van der Waals surface area contributed by atoms with Crippen molar-refractivity contribution in [2.24, 2.45) is 0 Å². The molecule has 1 aliphatic rings. The monoisotopic (exact) mass is 328 g/mol. The third-order valence-electron chi connectivity index (χ3n) is 3.50. The molecule has 1 saturated carbocycles. The first-order chi connectivity index (χ1) is 8.62. The number of hydrogen-bond acceptors (Lipinski definition) is 3. The highest BCUT2D eigenvalue weighted by molar-refractivity contribution is 9.10.